The summed E-state index contributed by atoms with van der Waals surface area (Å²) < 4.78 is 0. The second-order valence-corrected chi connectivity index (χ2v) is 6.78. The van der Waals surface area contributed by atoms with Gasteiger partial charge in [-0.05, 0) is 49.6 Å². The van der Waals surface area contributed by atoms with Crippen LogP contribution in [0.3, 0.4) is 0 Å². The normalized spacial score (nSPS) is 20.8. The third-order valence-electron chi connectivity index (χ3n) is 4.70. The van der Waals surface area contributed by atoms with Crippen molar-refractivity contribution in [1.29, 1.82) is 0 Å². The third-order valence-corrected chi connectivity index (χ3v) is 4.70. The van der Waals surface area contributed by atoms with Crippen LogP contribution in [-0.4, -0.2) is 39.8 Å². The third kappa shape index (κ3) is 4.42. The number of phenols is 3. The molecule has 0 radical (unpaired) electrons. The maximum absolute atomic E-state index is 10.0. The summed E-state index contributed by atoms with van der Waals surface area (Å²) in [6.07, 6.45) is 7.48. The van der Waals surface area contributed by atoms with Crippen molar-refractivity contribution in [1.82, 2.24) is 0 Å². The Hall–Kier alpha value is -2.82. The Morgan fingerprint density at radius 1 is 0.808 bits per heavy atom. The molecule has 0 aliphatic heterocycles. The van der Waals surface area contributed by atoms with Crippen molar-refractivity contribution in [2.75, 3.05) is 0 Å². The summed E-state index contributed by atoms with van der Waals surface area (Å²) in [5.74, 6) is 0.269. The number of aryl methyl sites for hydroxylation is 1. The van der Waals surface area contributed by atoms with Crippen LogP contribution in [0.4, 0.5) is 0 Å². The molecular formula is C21H24N2O3. The van der Waals surface area contributed by atoms with Crippen molar-refractivity contribution >= 4 is 12.4 Å². The first-order valence-corrected chi connectivity index (χ1v) is 8.91. The average molecular weight is 352 g/mol. The fourth-order valence-electron chi connectivity index (χ4n) is 3.20. The van der Waals surface area contributed by atoms with Crippen molar-refractivity contribution in [2.45, 2.75) is 44.7 Å². The zero-order chi connectivity index (χ0) is 18.5. The molecule has 0 amide bonds. The van der Waals surface area contributed by atoms with E-state index in [4.69, 9.17) is 0 Å². The van der Waals surface area contributed by atoms with Gasteiger partial charge in [-0.25, -0.2) is 0 Å². The van der Waals surface area contributed by atoms with Crippen LogP contribution in [-0.2, 0) is 0 Å². The Morgan fingerprint density at radius 2 is 1.35 bits per heavy atom. The van der Waals surface area contributed by atoms with Gasteiger partial charge in [-0.3, -0.25) is 9.98 Å². The highest BCUT2D eigenvalue weighted by molar-refractivity contribution is 5.84. The molecule has 2 aromatic carbocycles. The average Bonchev–Trinajstić information content (AvgIpc) is 2.61. The standard InChI is InChI=1S/C21H24N2O3/c1-14-6-7-15(20(25)10-14)12-22-18-4-2-3-5-19(18)23-13-16-8-9-17(24)11-21(16)26/h6-13,18-19,24-26H,2-5H2,1H3. The highest BCUT2D eigenvalue weighted by atomic mass is 16.3. The molecule has 5 nitrogen and oxygen atoms in total. The lowest BCUT2D eigenvalue weighted by molar-refractivity contribution is 0.390. The highest BCUT2D eigenvalue weighted by Gasteiger charge is 2.23. The molecule has 1 saturated carbocycles. The van der Waals surface area contributed by atoms with Gasteiger partial charge in [0.1, 0.15) is 17.2 Å². The van der Waals surface area contributed by atoms with Crippen LogP contribution in [0.15, 0.2) is 46.4 Å². The number of rotatable bonds is 4. The van der Waals surface area contributed by atoms with E-state index < -0.39 is 0 Å². The Labute approximate surface area is 153 Å². The number of nitrogens with zero attached hydrogens (tertiary/aromatic N) is 2. The number of hydrogen-bond acceptors (Lipinski definition) is 5. The van der Waals surface area contributed by atoms with E-state index in [9.17, 15) is 15.3 Å². The molecule has 136 valence electrons. The van der Waals surface area contributed by atoms with Gasteiger partial charge < -0.3 is 15.3 Å². The monoisotopic (exact) mass is 352 g/mol. The van der Waals surface area contributed by atoms with E-state index >= 15 is 0 Å². The summed E-state index contributed by atoms with van der Waals surface area (Å²) in [6.45, 7) is 1.94. The van der Waals surface area contributed by atoms with Crippen LogP contribution < -0.4 is 0 Å². The number of phenolic OH excluding ortho intramolecular Hbond substituents is 3. The van der Waals surface area contributed by atoms with E-state index in [1.165, 1.54) is 12.1 Å². The molecule has 2 aromatic rings. The number of benzene rings is 2. The summed E-state index contributed by atoms with van der Waals surface area (Å²) >= 11 is 0. The minimum Gasteiger partial charge on any atom is -0.508 e. The molecule has 0 spiro atoms. The molecule has 1 fully saturated rings. The van der Waals surface area contributed by atoms with Crippen molar-refractivity contribution in [3.05, 3.63) is 53.1 Å². The minimum atomic E-state index is 0.00851. The lowest BCUT2D eigenvalue weighted by Crippen LogP contribution is -2.27. The van der Waals surface area contributed by atoms with Gasteiger partial charge in [0.2, 0.25) is 0 Å². The first-order chi connectivity index (χ1) is 12.5. The molecule has 0 heterocycles. The summed E-state index contributed by atoms with van der Waals surface area (Å²) in [4.78, 5) is 9.30. The van der Waals surface area contributed by atoms with Crippen LogP contribution in [0.5, 0.6) is 17.2 Å². The molecule has 3 N–H and O–H groups in total. The summed E-state index contributed by atoms with van der Waals surface area (Å²) in [7, 11) is 0. The van der Waals surface area contributed by atoms with Gasteiger partial charge in [0.15, 0.2) is 0 Å². The van der Waals surface area contributed by atoms with Crippen molar-refractivity contribution < 1.29 is 15.3 Å². The van der Waals surface area contributed by atoms with E-state index in [0.717, 1.165) is 31.2 Å². The first kappa shape index (κ1) is 18.0. The molecule has 2 atom stereocenters. The minimum absolute atomic E-state index is 0.00851. The number of aromatic hydroxyl groups is 3. The van der Waals surface area contributed by atoms with Crippen molar-refractivity contribution in [3.63, 3.8) is 0 Å². The predicted octanol–water partition coefficient (Wildman–Crippen LogP) is 3.96. The molecule has 5 heteroatoms. The van der Waals surface area contributed by atoms with Gasteiger partial charge in [-0.1, -0.05) is 18.9 Å². The molecule has 0 aromatic heterocycles. The molecule has 1 aliphatic carbocycles. The van der Waals surface area contributed by atoms with Crippen LogP contribution in [0.25, 0.3) is 0 Å². The second kappa shape index (κ2) is 8.04. The Balaban J connectivity index is 1.75. The van der Waals surface area contributed by atoms with Gasteiger partial charge in [-0.15, -0.1) is 0 Å². The summed E-state index contributed by atoms with van der Waals surface area (Å²) in [6, 6.07) is 10.1. The second-order valence-electron chi connectivity index (χ2n) is 6.78. The van der Waals surface area contributed by atoms with E-state index in [1.54, 1.807) is 24.6 Å². The lowest BCUT2D eigenvalue weighted by atomic mass is 9.91. The van der Waals surface area contributed by atoms with Gasteiger partial charge in [0.25, 0.3) is 0 Å². The zero-order valence-corrected chi connectivity index (χ0v) is 14.8. The maximum atomic E-state index is 10.0. The smallest absolute Gasteiger partial charge is 0.128 e. The molecular weight excluding hydrogens is 328 g/mol. The van der Waals surface area contributed by atoms with Crippen LogP contribution in [0.2, 0.25) is 0 Å². The predicted molar refractivity (Wildman–Crippen MR) is 104 cm³/mol. The van der Waals surface area contributed by atoms with Crippen molar-refractivity contribution in [3.8, 4) is 17.2 Å². The summed E-state index contributed by atoms with van der Waals surface area (Å²) in [5.41, 5.74) is 2.29. The molecule has 1 aliphatic rings. The molecule has 3 rings (SSSR count). The van der Waals surface area contributed by atoms with E-state index in [-0.39, 0.29) is 29.3 Å². The highest BCUT2D eigenvalue weighted by Crippen LogP contribution is 2.26. The van der Waals surface area contributed by atoms with Gasteiger partial charge in [0, 0.05) is 29.6 Å². The van der Waals surface area contributed by atoms with E-state index in [0.29, 0.717) is 11.1 Å². The number of hydrogen-bond donors (Lipinski definition) is 3. The topological polar surface area (TPSA) is 85.4 Å². The van der Waals surface area contributed by atoms with Crippen LogP contribution in [0.1, 0.15) is 42.4 Å². The summed E-state index contributed by atoms with van der Waals surface area (Å²) in [5, 5.41) is 29.3. The first-order valence-electron chi connectivity index (χ1n) is 8.91. The molecule has 0 bridgehead atoms. The van der Waals surface area contributed by atoms with Crippen LogP contribution >= 0.6 is 0 Å². The molecule has 26 heavy (non-hydrogen) atoms. The largest absolute Gasteiger partial charge is 0.508 e. The molecule has 0 saturated heterocycles. The van der Waals surface area contributed by atoms with Crippen molar-refractivity contribution in [2.24, 2.45) is 9.98 Å². The fourth-order valence-corrected chi connectivity index (χ4v) is 3.20. The Bertz CT molecular complexity index is 761. The van der Waals surface area contributed by atoms with Gasteiger partial charge >= 0.3 is 0 Å². The SMILES string of the molecule is Cc1ccc(C=NC2CCCCC2N=Cc2ccc(O)cc2O)c(O)c1. The van der Waals surface area contributed by atoms with Crippen LogP contribution in [0, 0.1) is 6.92 Å². The quantitative estimate of drug-likeness (QED) is 0.728. The lowest BCUT2D eigenvalue weighted by Gasteiger charge is -2.25. The maximum Gasteiger partial charge on any atom is 0.128 e. The van der Waals surface area contributed by atoms with E-state index in [1.807, 2.05) is 19.1 Å². The fraction of sp³-hybridized carbons (Fsp3) is 0.333. The van der Waals surface area contributed by atoms with Gasteiger partial charge in [-0.2, -0.15) is 0 Å². The Morgan fingerprint density at radius 3 is 1.88 bits per heavy atom. The van der Waals surface area contributed by atoms with E-state index in [2.05, 4.69) is 9.98 Å². The Kier molecular flexibility index (Phi) is 5.56. The van der Waals surface area contributed by atoms with Gasteiger partial charge in [0.05, 0.1) is 12.1 Å². The zero-order valence-electron chi connectivity index (χ0n) is 14.8. The number of aliphatic imine (C=N–C) groups is 2. The molecule has 2 unspecified atom stereocenters.